The van der Waals surface area contributed by atoms with Gasteiger partial charge < -0.3 is 5.32 Å². The van der Waals surface area contributed by atoms with Gasteiger partial charge in [-0.25, -0.2) is 4.39 Å². The zero-order valence-electron chi connectivity index (χ0n) is 9.71. The minimum absolute atomic E-state index is 0.214. The summed E-state index contributed by atoms with van der Waals surface area (Å²) in [6.07, 6.45) is 0. The summed E-state index contributed by atoms with van der Waals surface area (Å²) in [7, 11) is 0. The molecule has 0 unspecified atom stereocenters. The first kappa shape index (κ1) is 12.8. The molecule has 0 spiro atoms. The van der Waals surface area contributed by atoms with Crippen LogP contribution in [0.3, 0.4) is 0 Å². The Kier molecular flexibility index (Phi) is 3.77. The third kappa shape index (κ3) is 2.96. The molecule has 0 atom stereocenters. The standard InChI is InChI=1S/C14H11BrFNO/c1-9-2-4-10(5-3-9)14(18)17-11-6-7-13(16)12(15)8-11/h2-8H,1H3,(H,17,18). The van der Waals surface area contributed by atoms with Gasteiger partial charge in [0.05, 0.1) is 4.47 Å². The van der Waals surface area contributed by atoms with Crippen molar-refractivity contribution in [2.45, 2.75) is 6.92 Å². The van der Waals surface area contributed by atoms with Crippen molar-refractivity contribution in [2.75, 3.05) is 5.32 Å². The van der Waals surface area contributed by atoms with Crippen LogP contribution < -0.4 is 5.32 Å². The minimum atomic E-state index is -0.358. The number of nitrogens with one attached hydrogen (secondary N) is 1. The van der Waals surface area contributed by atoms with E-state index >= 15 is 0 Å². The van der Waals surface area contributed by atoms with Crippen LogP contribution in [0.2, 0.25) is 0 Å². The average molecular weight is 308 g/mol. The van der Waals surface area contributed by atoms with Gasteiger partial charge in [0.1, 0.15) is 5.82 Å². The molecule has 92 valence electrons. The maximum Gasteiger partial charge on any atom is 0.255 e. The number of hydrogen-bond donors (Lipinski definition) is 1. The van der Waals surface area contributed by atoms with E-state index in [-0.39, 0.29) is 11.7 Å². The van der Waals surface area contributed by atoms with Crippen molar-refractivity contribution in [1.29, 1.82) is 0 Å². The molecule has 4 heteroatoms. The largest absolute Gasteiger partial charge is 0.322 e. The van der Waals surface area contributed by atoms with Crippen LogP contribution in [0.4, 0.5) is 10.1 Å². The predicted molar refractivity (Wildman–Crippen MR) is 73.2 cm³/mol. The van der Waals surface area contributed by atoms with Crippen molar-refractivity contribution in [3.8, 4) is 0 Å². The Balaban J connectivity index is 2.16. The number of amides is 1. The van der Waals surface area contributed by atoms with Crippen LogP contribution in [0.5, 0.6) is 0 Å². The van der Waals surface area contributed by atoms with E-state index in [1.54, 1.807) is 12.1 Å². The summed E-state index contributed by atoms with van der Waals surface area (Å²) in [5.74, 6) is -0.572. The molecule has 0 heterocycles. The van der Waals surface area contributed by atoms with Crippen LogP contribution >= 0.6 is 15.9 Å². The van der Waals surface area contributed by atoms with Gasteiger partial charge in [-0.05, 0) is 53.2 Å². The molecular formula is C14H11BrFNO. The highest BCUT2D eigenvalue weighted by Crippen LogP contribution is 2.20. The first-order valence-electron chi connectivity index (χ1n) is 5.39. The Hall–Kier alpha value is -1.68. The van der Waals surface area contributed by atoms with E-state index in [2.05, 4.69) is 21.2 Å². The zero-order chi connectivity index (χ0) is 13.1. The highest BCUT2D eigenvalue weighted by molar-refractivity contribution is 9.10. The fourth-order valence-corrected chi connectivity index (χ4v) is 1.86. The highest BCUT2D eigenvalue weighted by Gasteiger charge is 2.07. The van der Waals surface area contributed by atoms with Gasteiger partial charge in [-0.1, -0.05) is 17.7 Å². The molecule has 2 nitrogen and oxygen atoms in total. The second-order valence-corrected chi connectivity index (χ2v) is 4.80. The Bertz CT molecular complexity index is 581. The van der Waals surface area contributed by atoms with Crippen LogP contribution in [0.25, 0.3) is 0 Å². The highest BCUT2D eigenvalue weighted by atomic mass is 79.9. The Morgan fingerprint density at radius 1 is 1.17 bits per heavy atom. The molecule has 0 radical (unpaired) electrons. The Morgan fingerprint density at radius 3 is 2.44 bits per heavy atom. The van der Waals surface area contributed by atoms with E-state index in [9.17, 15) is 9.18 Å². The maximum absolute atomic E-state index is 13.0. The van der Waals surface area contributed by atoms with Crippen molar-refractivity contribution in [3.05, 3.63) is 63.9 Å². The Labute approximate surface area is 113 Å². The number of carbonyl (C=O) groups is 1. The van der Waals surface area contributed by atoms with Gasteiger partial charge in [-0.3, -0.25) is 4.79 Å². The molecule has 0 fully saturated rings. The van der Waals surface area contributed by atoms with E-state index in [0.717, 1.165) is 5.56 Å². The Morgan fingerprint density at radius 2 is 1.83 bits per heavy atom. The fourth-order valence-electron chi connectivity index (χ4n) is 1.48. The molecule has 2 aromatic carbocycles. The van der Waals surface area contributed by atoms with E-state index in [1.807, 2.05) is 19.1 Å². The van der Waals surface area contributed by atoms with Crippen LogP contribution in [-0.2, 0) is 0 Å². The summed E-state index contributed by atoms with van der Waals surface area (Å²) in [5, 5.41) is 2.71. The normalized spacial score (nSPS) is 10.2. The molecule has 0 aliphatic carbocycles. The van der Waals surface area contributed by atoms with Crippen LogP contribution in [0.1, 0.15) is 15.9 Å². The van der Waals surface area contributed by atoms with E-state index in [4.69, 9.17) is 0 Å². The van der Waals surface area contributed by atoms with E-state index < -0.39 is 0 Å². The molecule has 18 heavy (non-hydrogen) atoms. The third-order valence-electron chi connectivity index (χ3n) is 2.49. The SMILES string of the molecule is Cc1ccc(C(=O)Nc2ccc(F)c(Br)c2)cc1. The van der Waals surface area contributed by atoms with Crippen LogP contribution in [0, 0.1) is 12.7 Å². The fraction of sp³-hybridized carbons (Fsp3) is 0.0714. The molecule has 0 bridgehead atoms. The van der Waals surface area contributed by atoms with Crippen molar-refractivity contribution < 1.29 is 9.18 Å². The number of rotatable bonds is 2. The number of benzene rings is 2. The first-order chi connectivity index (χ1) is 8.56. The lowest BCUT2D eigenvalue weighted by Gasteiger charge is -2.06. The third-order valence-corrected chi connectivity index (χ3v) is 3.10. The minimum Gasteiger partial charge on any atom is -0.322 e. The molecular weight excluding hydrogens is 297 g/mol. The molecule has 0 aromatic heterocycles. The first-order valence-corrected chi connectivity index (χ1v) is 6.18. The molecule has 0 saturated carbocycles. The van der Waals surface area contributed by atoms with Gasteiger partial charge >= 0.3 is 0 Å². The molecule has 0 aliphatic heterocycles. The number of carbonyl (C=O) groups excluding carboxylic acids is 1. The maximum atomic E-state index is 13.0. The smallest absolute Gasteiger partial charge is 0.255 e. The van der Waals surface area contributed by atoms with Gasteiger partial charge in [-0.15, -0.1) is 0 Å². The van der Waals surface area contributed by atoms with Gasteiger partial charge in [0, 0.05) is 11.3 Å². The average Bonchev–Trinajstić information content (AvgIpc) is 2.34. The lowest BCUT2D eigenvalue weighted by molar-refractivity contribution is 0.102. The summed E-state index contributed by atoms with van der Waals surface area (Å²) in [6.45, 7) is 1.96. The molecule has 2 rings (SSSR count). The number of hydrogen-bond acceptors (Lipinski definition) is 1. The molecule has 2 aromatic rings. The van der Waals surface area contributed by atoms with Crippen molar-refractivity contribution in [2.24, 2.45) is 0 Å². The quantitative estimate of drug-likeness (QED) is 0.887. The number of aryl methyl sites for hydroxylation is 1. The van der Waals surface area contributed by atoms with E-state index in [0.29, 0.717) is 15.7 Å². The topological polar surface area (TPSA) is 29.1 Å². The zero-order valence-corrected chi connectivity index (χ0v) is 11.3. The molecule has 1 N–H and O–H groups in total. The lowest BCUT2D eigenvalue weighted by Crippen LogP contribution is -2.11. The summed E-state index contributed by atoms with van der Waals surface area (Å²) in [5.41, 5.74) is 2.21. The molecule has 1 amide bonds. The van der Waals surface area contributed by atoms with Crippen molar-refractivity contribution in [3.63, 3.8) is 0 Å². The number of anilines is 1. The van der Waals surface area contributed by atoms with E-state index in [1.165, 1.54) is 18.2 Å². The summed E-state index contributed by atoms with van der Waals surface area (Å²) >= 11 is 3.08. The number of halogens is 2. The summed E-state index contributed by atoms with van der Waals surface area (Å²) in [4.78, 5) is 11.9. The second kappa shape index (κ2) is 5.31. The van der Waals surface area contributed by atoms with Crippen molar-refractivity contribution in [1.82, 2.24) is 0 Å². The summed E-state index contributed by atoms with van der Waals surface area (Å²) < 4.78 is 13.4. The van der Waals surface area contributed by atoms with Crippen LogP contribution in [0.15, 0.2) is 46.9 Å². The summed E-state index contributed by atoms with van der Waals surface area (Å²) in [6, 6.07) is 11.6. The van der Waals surface area contributed by atoms with Gasteiger partial charge in [0.15, 0.2) is 0 Å². The van der Waals surface area contributed by atoms with Gasteiger partial charge in [-0.2, -0.15) is 0 Å². The van der Waals surface area contributed by atoms with Gasteiger partial charge in [0.2, 0.25) is 0 Å². The van der Waals surface area contributed by atoms with Gasteiger partial charge in [0.25, 0.3) is 5.91 Å². The monoisotopic (exact) mass is 307 g/mol. The lowest BCUT2D eigenvalue weighted by atomic mass is 10.1. The second-order valence-electron chi connectivity index (χ2n) is 3.95. The molecule has 0 aliphatic rings. The molecule has 0 saturated heterocycles. The predicted octanol–water partition coefficient (Wildman–Crippen LogP) is 4.15. The van der Waals surface area contributed by atoms with Crippen molar-refractivity contribution >= 4 is 27.5 Å². The van der Waals surface area contributed by atoms with Crippen LogP contribution in [-0.4, -0.2) is 5.91 Å².